The van der Waals surface area contributed by atoms with E-state index >= 15 is 0 Å². The van der Waals surface area contributed by atoms with Crippen LogP contribution in [0, 0.1) is 22.9 Å². The highest BCUT2D eigenvalue weighted by molar-refractivity contribution is 7.89. The van der Waals surface area contributed by atoms with Gasteiger partial charge in [-0.05, 0) is 32.4 Å². The molecule has 0 aliphatic carbocycles. The molecule has 0 amide bonds. The lowest BCUT2D eigenvalue weighted by Gasteiger charge is -2.12. The Balaban J connectivity index is 2.24. The van der Waals surface area contributed by atoms with Crippen LogP contribution in [0.3, 0.4) is 0 Å². The second kappa shape index (κ2) is 6.04. The fourth-order valence-electron chi connectivity index (χ4n) is 2.21. The summed E-state index contributed by atoms with van der Waals surface area (Å²) in [4.78, 5) is 9.60. The summed E-state index contributed by atoms with van der Waals surface area (Å²) in [7, 11) is -3.98. The van der Waals surface area contributed by atoms with Crippen LogP contribution in [0.25, 0.3) is 0 Å². The van der Waals surface area contributed by atoms with Crippen molar-refractivity contribution < 1.29 is 17.7 Å². The van der Waals surface area contributed by atoms with Crippen LogP contribution < -0.4 is 10.0 Å². The Morgan fingerprint density at radius 1 is 1.52 bits per heavy atom. The molecule has 0 spiro atoms. The van der Waals surface area contributed by atoms with Gasteiger partial charge in [0.15, 0.2) is 0 Å². The molecule has 0 bridgehead atoms. The van der Waals surface area contributed by atoms with Crippen LogP contribution in [-0.2, 0) is 10.0 Å². The number of benzene rings is 1. The average Bonchev–Trinajstić information content (AvgIpc) is 2.92. The number of rotatable bonds is 5. The van der Waals surface area contributed by atoms with E-state index in [2.05, 4.69) is 10.0 Å². The Morgan fingerprint density at radius 2 is 2.24 bits per heavy atom. The highest BCUT2D eigenvalue weighted by atomic mass is 32.2. The number of hydrogen-bond acceptors (Lipinski definition) is 5. The van der Waals surface area contributed by atoms with Crippen molar-refractivity contribution >= 4 is 15.7 Å². The van der Waals surface area contributed by atoms with Gasteiger partial charge in [0, 0.05) is 18.7 Å². The minimum absolute atomic E-state index is 0.0325. The number of hydrogen-bond donors (Lipinski definition) is 2. The van der Waals surface area contributed by atoms with E-state index in [9.17, 15) is 22.9 Å². The quantitative estimate of drug-likeness (QED) is 0.625. The molecule has 1 saturated heterocycles. The van der Waals surface area contributed by atoms with Crippen LogP contribution in [-0.4, -0.2) is 32.5 Å². The van der Waals surface area contributed by atoms with E-state index in [-0.39, 0.29) is 18.2 Å². The van der Waals surface area contributed by atoms with Crippen molar-refractivity contribution in [2.75, 3.05) is 13.1 Å². The second-order valence-corrected chi connectivity index (χ2v) is 6.72. The fourth-order valence-corrected chi connectivity index (χ4v) is 3.32. The van der Waals surface area contributed by atoms with Gasteiger partial charge in [0.2, 0.25) is 10.0 Å². The summed E-state index contributed by atoms with van der Waals surface area (Å²) in [5.41, 5.74) is -0.731. The van der Waals surface area contributed by atoms with Crippen LogP contribution in [0.1, 0.15) is 18.4 Å². The normalized spacial score (nSPS) is 18.9. The number of nitro groups is 1. The van der Waals surface area contributed by atoms with Crippen molar-refractivity contribution in [2.24, 2.45) is 0 Å². The molecule has 0 aromatic heterocycles. The topological polar surface area (TPSA) is 101 Å². The van der Waals surface area contributed by atoms with E-state index in [4.69, 9.17) is 0 Å². The molecule has 116 valence electrons. The van der Waals surface area contributed by atoms with Gasteiger partial charge in [-0.2, -0.15) is 0 Å². The van der Waals surface area contributed by atoms with Gasteiger partial charge in [0.05, 0.1) is 15.4 Å². The summed E-state index contributed by atoms with van der Waals surface area (Å²) in [5, 5.41) is 14.0. The third-order valence-corrected chi connectivity index (χ3v) is 4.88. The molecule has 1 fully saturated rings. The number of nitro benzene ring substituents is 1. The maximum Gasteiger partial charge on any atom is 0.276 e. The van der Waals surface area contributed by atoms with Crippen molar-refractivity contribution in [3.05, 3.63) is 33.6 Å². The molecule has 1 aliphatic rings. The largest absolute Gasteiger partial charge is 0.313 e. The Morgan fingerprint density at radius 3 is 2.81 bits per heavy atom. The Labute approximate surface area is 121 Å². The average molecular weight is 317 g/mol. The first kappa shape index (κ1) is 15.8. The predicted octanol–water partition coefficient (Wildman–Crippen LogP) is 1.07. The standard InChI is InChI=1S/C12H16FN3O4S/c1-8-11(13)5-10(6-12(8)16(17)18)21(19,20)15-7-9-3-2-4-14-9/h5-6,9,14-15H,2-4,7H2,1H3. The highest BCUT2D eigenvalue weighted by Gasteiger charge is 2.24. The lowest BCUT2D eigenvalue weighted by atomic mass is 10.2. The maximum absolute atomic E-state index is 13.7. The predicted molar refractivity (Wildman–Crippen MR) is 74.0 cm³/mol. The van der Waals surface area contributed by atoms with E-state index in [0.29, 0.717) is 0 Å². The van der Waals surface area contributed by atoms with Crippen LogP contribution in [0.2, 0.25) is 0 Å². The van der Waals surface area contributed by atoms with E-state index < -0.39 is 31.3 Å². The van der Waals surface area contributed by atoms with Crippen LogP contribution in [0.4, 0.5) is 10.1 Å². The molecule has 2 N–H and O–H groups in total. The minimum atomic E-state index is -3.98. The lowest BCUT2D eigenvalue weighted by molar-refractivity contribution is -0.385. The Hall–Kier alpha value is -1.58. The number of sulfonamides is 1. The maximum atomic E-state index is 13.7. The van der Waals surface area contributed by atoms with Crippen LogP contribution in [0.15, 0.2) is 17.0 Å². The second-order valence-electron chi connectivity index (χ2n) is 4.95. The summed E-state index contributed by atoms with van der Waals surface area (Å²) in [6, 6.07) is 1.71. The zero-order valence-corrected chi connectivity index (χ0v) is 12.2. The summed E-state index contributed by atoms with van der Waals surface area (Å²) in [6.45, 7) is 2.24. The molecule has 9 heteroatoms. The van der Waals surface area contributed by atoms with Gasteiger partial charge in [-0.25, -0.2) is 17.5 Å². The molecule has 1 heterocycles. The molecule has 2 rings (SSSR count). The van der Waals surface area contributed by atoms with Crippen LogP contribution >= 0.6 is 0 Å². The van der Waals surface area contributed by atoms with Gasteiger partial charge in [0.25, 0.3) is 5.69 Å². The summed E-state index contributed by atoms with van der Waals surface area (Å²) >= 11 is 0. The minimum Gasteiger partial charge on any atom is -0.313 e. The number of nitrogens with one attached hydrogen (secondary N) is 2. The monoisotopic (exact) mass is 317 g/mol. The zero-order valence-electron chi connectivity index (χ0n) is 11.4. The van der Waals surface area contributed by atoms with Gasteiger partial charge in [-0.15, -0.1) is 0 Å². The molecular weight excluding hydrogens is 301 g/mol. The van der Waals surface area contributed by atoms with Gasteiger partial charge < -0.3 is 5.32 Å². The third kappa shape index (κ3) is 3.55. The molecule has 0 saturated carbocycles. The van der Waals surface area contributed by atoms with E-state index in [1.165, 1.54) is 6.92 Å². The molecule has 1 atom stereocenters. The molecule has 21 heavy (non-hydrogen) atoms. The van der Waals surface area contributed by atoms with Gasteiger partial charge in [0.1, 0.15) is 5.82 Å². The van der Waals surface area contributed by atoms with Crippen molar-refractivity contribution in [1.82, 2.24) is 10.0 Å². The number of nitrogens with zero attached hydrogens (tertiary/aromatic N) is 1. The van der Waals surface area contributed by atoms with Crippen molar-refractivity contribution in [2.45, 2.75) is 30.7 Å². The summed E-state index contributed by atoms with van der Waals surface area (Å²) in [6.07, 6.45) is 1.82. The molecule has 0 radical (unpaired) electrons. The summed E-state index contributed by atoms with van der Waals surface area (Å²) in [5.74, 6) is -0.913. The Bertz CT molecular complexity index is 657. The first-order valence-electron chi connectivity index (χ1n) is 6.49. The molecule has 7 nitrogen and oxygen atoms in total. The third-order valence-electron chi connectivity index (χ3n) is 3.48. The fraction of sp³-hybridized carbons (Fsp3) is 0.500. The molecule has 1 aromatic rings. The summed E-state index contributed by atoms with van der Waals surface area (Å²) < 4.78 is 40.2. The Kier molecular flexibility index (Phi) is 4.55. The number of halogens is 1. The van der Waals surface area contributed by atoms with Gasteiger partial charge in [-0.3, -0.25) is 10.1 Å². The molecule has 1 aliphatic heterocycles. The van der Waals surface area contributed by atoms with Crippen LogP contribution in [0.5, 0.6) is 0 Å². The van der Waals surface area contributed by atoms with E-state index in [1.54, 1.807) is 0 Å². The van der Waals surface area contributed by atoms with Gasteiger partial charge >= 0.3 is 0 Å². The zero-order chi connectivity index (χ0) is 15.6. The smallest absolute Gasteiger partial charge is 0.276 e. The van der Waals surface area contributed by atoms with Crippen molar-refractivity contribution in [1.29, 1.82) is 0 Å². The lowest BCUT2D eigenvalue weighted by Crippen LogP contribution is -2.37. The molecule has 1 aromatic carbocycles. The van der Waals surface area contributed by atoms with Crippen molar-refractivity contribution in [3.63, 3.8) is 0 Å². The van der Waals surface area contributed by atoms with Gasteiger partial charge in [-0.1, -0.05) is 0 Å². The first-order chi connectivity index (χ1) is 9.81. The highest BCUT2D eigenvalue weighted by Crippen LogP contribution is 2.25. The van der Waals surface area contributed by atoms with E-state index in [0.717, 1.165) is 31.5 Å². The SMILES string of the molecule is Cc1c(F)cc(S(=O)(=O)NCC2CCCN2)cc1[N+](=O)[O-]. The molecule has 1 unspecified atom stereocenters. The molecular formula is C12H16FN3O4S. The first-order valence-corrected chi connectivity index (χ1v) is 7.97. The van der Waals surface area contributed by atoms with E-state index in [1.807, 2.05) is 0 Å². The van der Waals surface area contributed by atoms with Crippen molar-refractivity contribution in [3.8, 4) is 0 Å².